The van der Waals surface area contributed by atoms with E-state index in [2.05, 4.69) is 4.72 Å². The molecule has 0 atom stereocenters. The summed E-state index contributed by atoms with van der Waals surface area (Å²) in [6.07, 6.45) is 6.94. The van der Waals surface area contributed by atoms with Crippen LogP contribution in [0, 0.1) is 0 Å². The van der Waals surface area contributed by atoms with Crippen molar-refractivity contribution in [1.82, 2.24) is 9.55 Å². The lowest BCUT2D eigenvalue weighted by Gasteiger charge is -2.08. The maximum atomic E-state index is 11.9. The Labute approximate surface area is 260 Å². The van der Waals surface area contributed by atoms with Crippen LogP contribution in [0.5, 0.6) is 0 Å². The molecule has 7 nitrogen and oxygen atoms in total. The summed E-state index contributed by atoms with van der Waals surface area (Å²) < 4.78 is 32.5. The number of benzene rings is 4. The number of imidazole rings is 1. The molecule has 4 aromatic carbocycles. The Morgan fingerprint density at radius 3 is 2.35 bits per heavy atom. The van der Waals surface area contributed by atoms with Crippen molar-refractivity contribution in [2.24, 2.45) is 0 Å². The van der Waals surface area contributed by atoms with E-state index in [1.54, 1.807) is 36.4 Å². The number of aromatic nitrogens is 2. The van der Waals surface area contributed by atoms with Gasteiger partial charge in [0.2, 0.25) is 10.0 Å². The molecule has 1 N–H and O–H groups in total. The number of anilines is 1. The van der Waals surface area contributed by atoms with Gasteiger partial charge in [0.25, 0.3) is 0 Å². The third kappa shape index (κ3) is 7.73. The summed E-state index contributed by atoms with van der Waals surface area (Å²) in [7, 11) is -2.00. The predicted molar refractivity (Wildman–Crippen MR) is 174 cm³/mol. The van der Waals surface area contributed by atoms with Crippen LogP contribution in [0.4, 0.5) is 5.69 Å². The predicted octanol–water partition coefficient (Wildman–Crippen LogP) is 7.90. The fourth-order valence-electron chi connectivity index (χ4n) is 4.51. The molecule has 43 heavy (non-hydrogen) atoms. The van der Waals surface area contributed by atoms with Gasteiger partial charge in [-0.15, -0.1) is 0 Å². The van der Waals surface area contributed by atoms with E-state index >= 15 is 0 Å². The van der Waals surface area contributed by atoms with E-state index in [1.165, 1.54) is 7.11 Å². The monoisotopic (exact) mass is 631 g/mol. The SMILES string of the molecule is COC(=O)c1cccc(-c2ccc(/C=C/c3nc(-c4ccc(Cl)cc4Cl)cn3Cc3ccc(NS(C)(=O)=O)cc3)cc2)c1. The second-order valence-electron chi connectivity index (χ2n) is 9.84. The Balaban J connectivity index is 1.43. The normalized spacial score (nSPS) is 11.5. The van der Waals surface area contributed by atoms with Crippen LogP contribution in [0.1, 0.15) is 27.3 Å². The summed E-state index contributed by atoms with van der Waals surface area (Å²) in [5, 5.41) is 1.03. The molecular formula is C33H27Cl2N3O4S. The number of ether oxygens (including phenoxy) is 1. The number of sulfonamides is 1. The Kier molecular flexibility index (Phi) is 9.01. The summed E-state index contributed by atoms with van der Waals surface area (Å²) in [6.45, 7) is 0.493. The molecule has 0 saturated heterocycles. The fourth-order valence-corrected chi connectivity index (χ4v) is 5.58. The molecule has 218 valence electrons. The minimum atomic E-state index is -3.36. The minimum absolute atomic E-state index is 0.377. The van der Waals surface area contributed by atoms with Crippen molar-refractivity contribution in [3.63, 3.8) is 0 Å². The Morgan fingerprint density at radius 2 is 1.67 bits per heavy atom. The number of nitrogens with one attached hydrogen (secondary N) is 1. The lowest BCUT2D eigenvalue weighted by atomic mass is 10.0. The molecule has 0 fully saturated rings. The Morgan fingerprint density at radius 1 is 0.930 bits per heavy atom. The maximum Gasteiger partial charge on any atom is 0.337 e. The van der Waals surface area contributed by atoms with Gasteiger partial charge in [-0.2, -0.15) is 0 Å². The van der Waals surface area contributed by atoms with Gasteiger partial charge in [0.1, 0.15) is 5.82 Å². The third-order valence-electron chi connectivity index (χ3n) is 6.58. The van der Waals surface area contributed by atoms with E-state index in [1.807, 2.05) is 77.5 Å². The first-order chi connectivity index (χ1) is 20.6. The van der Waals surface area contributed by atoms with E-state index in [9.17, 15) is 13.2 Å². The zero-order valence-electron chi connectivity index (χ0n) is 23.3. The van der Waals surface area contributed by atoms with Gasteiger partial charge >= 0.3 is 5.97 Å². The molecule has 0 bridgehead atoms. The van der Waals surface area contributed by atoms with E-state index in [4.69, 9.17) is 32.9 Å². The topological polar surface area (TPSA) is 90.3 Å². The minimum Gasteiger partial charge on any atom is -0.465 e. The Hall–Kier alpha value is -4.37. The Bertz CT molecular complexity index is 1920. The first-order valence-corrected chi connectivity index (χ1v) is 15.8. The van der Waals surface area contributed by atoms with Crippen molar-refractivity contribution < 1.29 is 17.9 Å². The first-order valence-electron chi connectivity index (χ1n) is 13.1. The highest BCUT2D eigenvalue weighted by molar-refractivity contribution is 7.92. The van der Waals surface area contributed by atoms with Crippen molar-refractivity contribution >= 4 is 57.0 Å². The zero-order chi connectivity index (χ0) is 30.6. The van der Waals surface area contributed by atoms with Crippen molar-refractivity contribution in [2.75, 3.05) is 18.1 Å². The standard InChI is InChI=1S/C33H27Cl2N3O4S/c1-42-33(39)26-5-3-4-25(18-26)24-11-6-22(7-12-24)10-17-32-36-31(29-16-13-27(34)19-30(29)35)21-38(32)20-23-8-14-28(15-9-23)37-43(2,40)41/h3-19,21,37H,20H2,1-2H3/b17-10+. The van der Waals surface area contributed by atoms with Crippen LogP contribution < -0.4 is 4.72 Å². The van der Waals surface area contributed by atoms with Crippen LogP contribution in [-0.2, 0) is 21.3 Å². The lowest BCUT2D eigenvalue weighted by Crippen LogP contribution is -2.09. The highest BCUT2D eigenvalue weighted by atomic mass is 35.5. The number of hydrogen-bond acceptors (Lipinski definition) is 5. The zero-order valence-corrected chi connectivity index (χ0v) is 25.6. The molecule has 5 rings (SSSR count). The van der Waals surface area contributed by atoms with Crippen LogP contribution in [0.3, 0.4) is 0 Å². The van der Waals surface area contributed by atoms with E-state index < -0.39 is 10.0 Å². The van der Waals surface area contributed by atoms with Crippen LogP contribution in [0.25, 0.3) is 34.5 Å². The average molecular weight is 633 g/mol. The van der Waals surface area contributed by atoms with Gasteiger partial charge in [-0.1, -0.05) is 77.8 Å². The van der Waals surface area contributed by atoms with Crippen LogP contribution in [0.2, 0.25) is 10.0 Å². The third-order valence-corrected chi connectivity index (χ3v) is 7.73. The van der Waals surface area contributed by atoms with Gasteiger partial charge in [-0.3, -0.25) is 4.72 Å². The number of halogens is 2. The summed E-state index contributed by atoms with van der Waals surface area (Å²) >= 11 is 12.6. The number of rotatable bonds is 9. The second kappa shape index (κ2) is 12.9. The molecular weight excluding hydrogens is 605 g/mol. The molecule has 5 aromatic rings. The largest absolute Gasteiger partial charge is 0.465 e. The number of carbonyl (C=O) groups excluding carboxylic acids is 1. The van der Waals surface area contributed by atoms with Crippen molar-refractivity contribution in [2.45, 2.75) is 6.54 Å². The number of esters is 1. The number of hydrogen-bond donors (Lipinski definition) is 1. The summed E-state index contributed by atoms with van der Waals surface area (Å²) in [5.41, 5.74) is 6.24. The van der Waals surface area contributed by atoms with E-state index in [0.717, 1.165) is 34.1 Å². The molecule has 0 aliphatic heterocycles. The molecule has 0 aliphatic carbocycles. The van der Waals surface area contributed by atoms with Gasteiger partial charge in [-0.05, 0) is 70.8 Å². The summed E-state index contributed by atoms with van der Waals surface area (Å²) in [4.78, 5) is 16.8. The summed E-state index contributed by atoms with van der Waals surface area (Å²) in [6, 6.07) is 27.8. The molecule has 1 heterocycles. The molecule has 0 aliphatic rings. The van der Waals surface area contributed by atoms with Crippen LogP contribution >= 0.6 is 23.2 Å². The van der Waals surface area contributed by atoms with Crippen molar-refractivity contribution in [1.29, 1.82) is 0 Å². The number of methoxy groups -OCH3 is 1. The molecule has 0 saturated carbocycles. The highest BCUT2D eigenvalue weighted by Gasteiger charge is 2.13. The van der Waals surface area contributed by atoms with Gasteiger partial charge in [0.05, 0.1) is 29.6 Å². The maximum absolute atomic E-state index is 11.9. The van der Waals surface area contributed by atoms with E-state index in [-0.39, 0.29) is 5.97 Å². The summed E-state index contributed by atoms with van der Waals surface area (Å²) in [5.74, 6) is 0.326. The molecule has 10 heteroatoms. The molecule has 0 spiro atoms. The van der Waals surface area contributed by atoms with Gasteiger partial charge < -0.3 is 9.30 Å². The van der Waals surface area contributed by atoms with Crippen molar-refractivity contribution in [3.8, 4) is 22.4 Å². The van der Waals surface area contributed by atoms with Crippen LogP contribution in [-0.4, -0.2) is 37.3 Å². The molecule has 0 amide bonds. The van der Waals surface area contributed by atoms with Gasteiger partial charge in [0, 0.05) is 29.0 Å². The molecule has 1 aromatic heterocycles. The smallest absolute Gasteiger partial charge is 0.337 e. The quantitative estimate of drug-likeness (QED) is 0.167. The second-order valence-corrected chi connectivity index (χ2v) is 12.4. The first kappa shape index (κ1) is 30.1. The highest BCUT2D eigenvalue weighted by Crippen LogP contribution is 2.31. The van der Waals surface area contributed by atoms with Gasteiger partial charge in [-0.25, -0.2) is 18.2 Å². The molecule has 0 unspecified atom stereocenters. The lowest BCUT2D eigenvalue weighted by molar-refractivity contribution is 0.0600. The average Bonchev–Trinajstić information content (AvgIpc) is 3.38. The van der Waals surface area contributed by atoms with E-state index in [0.29, 0.717) is 39.4 Å². The number of carbonyl (C=O) groups is 1. The van der Waals surface area contributed by atoms with Gasteiger partial charge in [0.15, 0.2) is 0 Å². The van der Waals surface area contributed by atoms with Crippen LogP contribution in [0.15, 0.2) is 97.2 Å². The fraction of sp³-hybridized carbons (Fsp3) is 0.0909. The molecule has 0 radical (unpaired) electrons. The number of nitrogens with zero attached hydrogens (tertiary/aromatic N) is 2. The van der Waals surface area contributed by atoms with Crippen molar-refractivity contribution in [3.05, 3.63) is 130 Å².